The molecule has 3 fully saturated rings. The molecule has 0 unspecified atom stereocenters. The lowest BCUT2D eigenvalue weighted by atomic mass is 9.73. The smallest absolute Gasteiger partial charge is 0.384 e. The van der Waals surface area contributed by atoms with Gasteiger partial charge < -0.3 is 20.3 Å². The first kappa shape index (κ1) is 31.1. The topological polar surface area (TPSA) is 174 Å². The van der Waals surface area contributed by atoms with Crippen LogP contribution in [0.25, 0.3) is 5.65 Å². The van der Waals surface area contributed by atoms with Crippen LogP contribution in [0.5, 0.6) is 0 Å². The van der Waals surface area contributed by atoms with Crippen molar-refractivity contribution in [3.05, 3.63) is 59.1 Å². The molecule has 0 radical (unpaired) electrons. The number of carbonyl (C=O) groups excluding carboxylic acids is 2. The average molecular weight is 665 g/mol. The highest BCUT2D eigenvalue weighted by atomic mass is 19.4. The van der Waals surface area contributed by atoms with E-state index in [0.29, 0.717) is 11.4 Å². The molecule has 5 heterocycles. The van der Waals surface area contributed by atoms with Crippen LogP contribution >= 0.6 is 0 Å². The van der Waals surface area contributed by atoms with Crippen LogP contribution in [0.15, 0.2) is 39.9 Å². The van der Waals surface area contributed by atoms with Crippen molar-refractivity contribution in [2.24, 2.45) is 11.3 Å². The van der Waals surface area contributed by atoms with Crippen molar-refractivity contribution in [3.8, 4) is 0 Å². The number of amides is 2. The molecule has 4 aromatic rings. The van der Waals surface area contributed by atoms with E-state index in [2.05, 4.69) is 30.9 Å². The number of alkyl halides is 5. The van der Waals surface area contributed by atoms with Crippen LogP contribution in [0.4, 0.5) is 22.0 Å². The molecule has 0 spiro atoms. The lowest BCUT2D eigenvalue weighted by Crippen LogP contribution is -2.40. The molecule has 18 heteroatoms. The van der Waals surface area contributed by atoms with Crippen LogP contribution in [0.3, 0.4) is 0 Å². The average Bonchev–Trinajstić information content (AvgIpc) is 3.43. The maximum absolute atomic E-state index is 14.1. The standard InChI is InChI=1S/C29H29F5N8O5/c30-28(31)6-3-16(4-7-28)21(39-25(44)23-22(15-1-2-15)40-47-41-23)17-13-42-20(37-17)9-14(12-35-42)10-27(24(43)18-5-8-36-46-18)11-19(29(32,33)34)38-26(27)45/h5,8-9,12-13,15-16,19,21,24,43H,1-4,6-7,10-11H2,(H,38,45)(H,39,44)/t19-,21-,24+,27-/m0/s1. The molecule has 4 aromatic heterocycles. The fraction of sp³-hybridized carbons (Fsp3) is 0.552. The van der Waals surface area contributed by atoms with Gasteiger partial charge in [-0.05, 0) is 61.2 Å². The van der Waals surface area contributed by atoms with Gasteiger partial charge in [-0.2, -0.15) is 18.3 Å². The van der Waals surface area contributed by atoms with Crippen LogP contribution in [-0.4, -0.2) is 65.1 Å². The molecule has 13 nitrogen and oxygen atoms in total. The van der Waals surface area contributed by atoms with Crippen molar-refractivity contribution >= 4 is 17.5 Å². The van der Waals surface area contributed by atoms with Crippen LogP contribution in [0.2, 0.25) is 0 Å². The van der Waals surface area contributed by atoms with Gasteiger partial charge in [0.1, 0.15) is 17.8 Å². The van der Waals surface area contributed by atoms with Gasteiger partial charge in [0, 0.05) is 24.8 Å². The maximum atomic E-state index is 14.1. The van der Waals surface area contributed by atoms with Gasteiger partial charge >= 0.3 is 6.18 Å². The highest BCUT2D eigenvalue weighted by Gasteiger charge is 2.59. The quantitative estimate of drug-likeness (QED) is 0.222. The second kappa shape index (κ2) is 11.3. The number of nitrogens with one attached hydrogen (secondary N) is 2. The summed E-state index contributed by atoms with van der Waals surface area (Å²) in [6.07, 6.45) is -2.44. The van der Waals surface area contributed by atoms with Gasteiger partial charge in [-0.25, -0.2) is 22.9 Å². The van der Waals surface area contributed by atoms with Gasteiger partial charge in [-0.1, -0.05) is 10.3 Å². The summed E-state index contributed by atoms with van der Waals surface area (Å²) in [4.78, 5) is 31.2. The van der Waals surface area contributed by atoms with Gasteiger partial charge in [0.15, 0.2) is 17.1 Å². The SMILES string of the molecule is O=C(N[C@H](c1cn2ncc(C[C@@]3([C@H](O)c4ccno4)C[C@@H](C(F)(F)F)NC3=O)cc2n1)C1CCC(F)(F)CC1)c1nonc1C1CC1. The summed E-state index contributed by atoms with van der Waals surface area (Å²) in [6.45, 7) is 0. The molecule has 7 rings (SSSR count). The number of fused-ring (bicyclic) bond motifs is 1. The lowest BCUT2D eigenvalue weighted by Gasteiger charge is -2.33. The first-order valence-electron chi connectivity index (χ1n) is 15.1. The first-order chi connectivity index (χ1) is 22.3. The Kier molecular flexibility index (Phi) is 7.52. The predicted octanol–water partition coefficient (Wildman–Crippen LogP) is 3.99. The number of aliphatic hydroxyl groups excluding tert-OH is 1. The fourth-order valence-corrected chi connectivity index (χ4v) is 6.69. The van der Waals surface area contributed by atoms with Crippen molar-refractivity contribution in [1.29, 1.82) is 0 Å². The van der Waals surface area contributed by atoms with E-state index in [1.54, 1.807) is 0 Å². The number of halogens is 5. The summed E-state index contributed by atoms with van der Waals surface area (Å²) >= 11 is 0. The summed E-state index contributed by atoms with van der Waals surface area (Å²) < 4.78 is 80.5. The summed E-state index contributed by atoms with van der Waals surface area (Å²) in [6, 6.07) is -0.253. The second-order valence-electron chi connectivity index (χ2n) is 12.7. The fourth-order valence-electron chi connectivity index (χ4n) is 6.69. The van der Waals surface area contributed by atoms with E-state index in [4.69, 9.17) is 9.15 Å². The molecule has 2 amide bonds. The van der Waals surface area contributed by atoms with Crippen LogP contribution < -0.4 is 10.6 Å². The third-order valence-electron chi connectivity index (χ3n) is 9.42. The first-order valence-corrected chi connectivity index (χ1v) is 15.1. The van der Waals surface area contributed by atoms with Crippen LogP contribution in [0, 0.1) is 11.3 Å². The molecule has 0 bridgehead atoms. The lowest BCUT2D eigenvalue weighted by molar-refractivity contribution is -0.155. The zero-order valence-corrected chi connectivity index (χ0v) is 24.6. The Morgan fingerprint density at radius 3 is 2.62 bits per heavy atom. The van der Waals surface area contributed by atoms with Gasteiger partial charge in [-0.3, -0.25) is 9.59 Å². The van der Waals surface area contributed by atoms with Gasteiger partial charge in [0.2, 0.25) is 11.8 Å². The van der Waals surface area contributed by atoms with E-state index < -0.39 is 59.9 Å². The molecule has 4 atom stereocenters. The van der Waals surface area contributed by atoms with Crippen molar-refractivity contribution in [3.63, 3.8) is 0 Å². The number of aliphatic hydroxyl groups is 1. The highest BCUT2D eigenvalue weighted by Crippen LogP contribution is 2.48. The normalized spacial score (nSPS) is 24.7. The monoisotopic (exact) mass is 664 g/mol. The molecule has 3 aliphatic rings. The third-order valence-corrected chi connectivity index (χ3v) is 9.42. The maximum Gasteiger partial charge on any atom is 0.408 e. The van der Waals surface area contributed by atoms with Gasteiger partial charge in [-0.15, -0.1) is 0 Å². The third kappa shape index (κ3) is 5.94. The summed E-state index contributed by atoms with van der Waals surface area (Å²) in [5, 5.41) is 31.5. The highest BCUT2D eigenvalue weighted by molar-refractivity contribution is 5.93. The van der Waals surface area contributed by atoms with Crippen molar-refractivity contribution < 1.29 is 45.8 Å². The van der Waals surface area contributed by atoms with E-state index in [-0.39, 0.29) is 60.7 Å². The second-order valence-corrected chi connectivity index (χ2v) is 12.7. The van der Waals surface area contributed by atoms with Gasteiger partial charge in [0.25, 0.3) is 5.91 Å². The summed E-state index contributed by atoms with van der Waals surface area (Å²) in [7, 11) is 0. The summed E-state index contributed by atoms with van der Waals surface area (Å²) in [5.41, 5.74) is -0.714. The van der Waals surface area contributed by atoms with Crippen molar-refractivity contribution in [1.82, 2.24) is 40.7 Å². The molecule has 1 saturated heterocycles. The number of nitrogens with zero attached hydrogens (tertiary/aromatic N) is 6. The molecular formula is C29H29F5N8O5. The van der Waals surface area contributed by atoms with E-state index in [0.717, 1.165) is 12.8 Å². The minimum Gasteiger partial charge on any atom is -0.384 e. The van der Waals surface area contributed by atoms with E-state index in [9.17, 15) is 36.6 Å². The molecule has 1 aliphatic heterocycles. The van der Waals surface area contributed by atoms with Crippen LogP contribution in [0.1, 0.15) is 96.2 Å². The zero-order chi connectivity index (χ0) is 33.1. The Morgan fingerprint density at radius 1 is 1.19 bits per heavy atom. The number of rotatable bonds is 9. The minimum absolute atomic E-state index is 0.0189. The Morgan fingerprint density at radius 2 is 1.96 bits per heavy atom. The molecule has 2 aliphatic carbocycles. The van der Waals surface area contributed by atoms with Crippen LogP contribution in [-0.2, 0) is 11.2 Å². The molecular weight excluding hydrogens is 635 g/mol. The zero-order valence-electron chi connectivity index (χ0n) is 24.6. The predicted molar refractivity (Wildman–Crippen MR) is 147 cm³/mol. The van der Waals surface area contributed by atoms with E-state index in [1.165, 1.54) is 35.2 Å². The molecule has 0 aromatic carbocycles. The molecule has 250 valence electrons. The largest absolute Gasteiger partial charge is 0.408 e. The Bertz CT molecular complexity index is 1780. The number of hydrogen-bond donors (Lipinski definition) is 3. The molecule has 3 N–H and O–H groups in total. The Balaban J connectivity index is 1.20. The minimum atomic E-state index is -4.76. The number of hydrogen-bond acceptors (Lipinski definition) is 10. The Hall–Kier alpha value is -4.48. The van der Waals surface area contributed by atoms with E-state index >= 15 is 0 Å². The number of carbonyl (C=O) groups is 2. The van der Waals surface area contributed by atoms with Crippen molar-refractivity contribution in [2.45, 2.75) is 87.6 Å². The number of aromatic nitrogens is 6. The Labute approximate surface area is 262 Å². The van der Waals surface area contributed by atoms with Gasteiger partial charge in [0.05, 0.1) is 35.7 Å². The number of imidazole rings is 1. The van der Waals surface area contributed by atoms with Crippen molar-refractivity contribution in [2.75, 3.05) is 0 Å². The molecule has 2 saturated carbocycles. The van der Waals surface area contributed by atoms with E-state index in [1.807, 2.05) is 5.32 Å². The summed E-state index contributed by atoms with van der Waals surface area (Å²) in [5.74, 6) is -4.95. The molecule has 47 heavy (non-hydrogen) atoms.